The van der Waals surface area contributed by atoms with Crippen molar-refractivity contribution < 1.29 is 9.59 Å². The smallest absolute Gasteiger partial charge is 0.191 e. The molecule has 0 saturated heterocycles. The second-order valence-electron chi connectivity index (χ2n) is 16.3. The topological polar surface area (TPSA) is 34.1 Å². The highest BCUT2D eigenvalue weighted by atomic mass is 29.6. The zero-order chi connectivity index (χ0) is 23.6. The van der Waals surface area contributed by atoms with Gasteiger partial charge >= 0.3 is 0 Å². The van der Waals surface area contributed by atoms with E-state index in [0.29, 0.717) is 10.8 Å². The maximum absolute atomic E-state index is 15.5. The third-order valence-electron chi connectivity index (χ3n) is 12.0. The van der Waals surface area contributed by atoms with Gasteiger partial charge in [-0.3, -0.25) is 0 Å². The normalized spacial score (nSPS) is 46.1. The second kappa shape index (κ2) is 7.06. The van der Waals surface area contributed by atoms with Gasteiger partial charge in [-0.05, 0) is 113 Å². The zero-order valence-electron chi connectivity index (χ0n) is 22.3. The Labute approximate surface area is 205 Å². The molecule has 0 aromatic carbocycles. The van der Waals surface area contributed by atoms with E-state index >= 15 is 9.59 Å². The summed E-state index contributed by atoms with van der Waals surface area (Å²) in [5, 5.41) is 1.32. The molecule has 0 aromatic rings. The Morgan fingerprint density at radius 2 is 0.697 bits per heavy atom. The summed E-state index contributed by atoms with van der Waals surface area (Å²) in [5.74, 6) is 4.69. The molecule has 0 atom stereocenters. The van der Waals surface area contributed by atoms with Crippen molar-refractivity contribution in [3.05, 3.63) is 0 Å². The molecule has 0 radical (unpaired) electrons. The Kier molecular flexibility index (Phi) is 5.00. The molecule has 8 saturated carbocycles. The van der Waals surface area contributed by atoms with Crippen LogP contribution in [-0.4, -0.2) is 33.1 Å². The number of carbonyl (C=O) groups excluding carboxylic acids is 2. The fraction of sp³-hybridized carbons (Fsp3) is 0.929. The van der Waals surface area contributed by atoms with Crippen molar-refractivity contribution in [3.63, 3.8) is 0 Å². The van der Waals surface area contributed by atoms with Crippen molar-refractivity contribution in [1.82, 2.24) is 0 Å². The first-order chi connectivity index (χ1) is 15.3. The monoisotopic (exact) mass is 500 g/mol. The van der Waals surface area contributed by atoms with Crippen LogP contribution in [0.5, 0.6) is 0 Å². The number of rotatable bonds is 6. The molecule has 0 unspecified atom stereocenters. The van der Waals surface area contributed by atoms with Crippen LogP contribution >= 0.6 is 0 Å². The summed E-state index contributed by atoms with van der Waals surface area (Å²) >= 11 is 0. The first kappa shape index (κ1) is 23.4. The van der Waals surface area contributed by atoms with Gasteiger partial charge in [-0.15, -0.1) is 0 Å². The van der Waals surface area contributed by atoms with E-state index < -0.39 is 22.3 Å². The molecule has 0 aromatic heterocycles. The van der Waals surface area contributed by atoms with Crippen molar-refractivity contribution in [2.24, 2.45) is 46.3 Å². The van der Waals surface area contributed by atoms with Gasteiger partial charge in [0.25, 0.3) is 0 Å². The van der Waals surface area contributed by atoms with E-state index in [1.54, 1.807) is 0 Å². The Balaban J connectivity index is 1.49. The van der Waals surface area contributed by atoms with E-state index in [1.165, 1.54) is 38.5 Å². The van der Waals surface area contributed by atoms with E-state index in [2.05, 4.69) is 39.3 Å². The summed E-state index contributed by atoms with van der Waals surface area (Å²) in [6.07, 6.45) is 15.2. The minimum Gasteiger partial charge on any atom is -0.305 e. The molecule has 0 spiro atoms. The maximum Gasteiger partial charge on any atom is 0.191 e. The lowest BCUT2D eigenvalue weighted by molar-refractivity contribution is -0.140. The summed E-state index contributed by atoms with van der Waals surface area (Å²) in [7, 11) is -6.78. The molecule has 8 rings (SSSR count). The standard InChI is InChI=1S/C28H48O2Si3/c1-31(2,3)33(32(4,5)6,25(29)27-13-19-7-20(14-27)9-21(8-19)15-27)26(30)28-16-22-10-23(17-28)12-24(11-22)18-28/h19-24H,7-18H2,1-6H3. The highest BCUT2D eigenvalue weighted by Crippen LogP contribution is 2.65. The summed E-state index contributed by atoms with van der Waals surface area (Å²) in [6, 6.07) is 0. The molecular weight excluding hydrogens is 453 g/mol. The van der Waals surface area contributed by atoms with Crippen LogP contribution in [0.3, 0.4) is 0 Å². The molecule has 8 aliphatic rings. The van der Waals surface area contributed by atoms with Crippen LogP contribution in [0.4, 0.5) is 0 Å². The Hall–Kier alpha value is -0.00935. The first-order valence-corrected chi connectivity index (χ1v) is 25.4. The molecule has 8 aliphatic carbocycles. The minimum absolute atomic E-state index is 0.0977. The lowest BCUT2D eigenvalue weighted by atomic mass is 9.50. The predicted octanol–water partition coefficient (Wildman–Crippen LogP) is 6.92. The summed E-state index contributed by atoms with van der Waals surface area (Å²) in [6.45, 7) is 14.8. The van der Waals surface area contributed by atoms with Gasteiger partial charge in [0.2, 0.25) is 0 Å². The molecule has 8 fully saturated rings. The predicted molar refractivity (Wildman–Crippen MR) is 144 cm³/mol. The van der Waals surface area contributed by atoms with Gasteiger partial charge in [-0.25, -0.2) is 0 Å². The van der Waals surface area contributed by atoms with Crippen molar-refractivity contribution >= 4 is 33.1 Å². The molecule has 0 N–H and O–H groups in total. The van der Waals surface area contributed by atoms with Crippen molar-refractivity contribution in [2.75, 3.05) is 0 Å². The van der Waals surface area contributed by atoms with Gasteiger partial charge in [-0.1, -0.05) is 39.3 Å². The van der Waals surface area contributed by atoms with Gasteiger partial charge in [-0.2, -0.15) is 0 Å². The van der Waals surface area contributed by atoms with E-state index in [1.807, 2.05) is 0 Å². The molecular formula is C28H48O2Si3. The van der Waals surface area contributed by atoms with Crippen molar-refractivity contribution in [1.29, 1.82) is 0 Å². The summed E-state index contributed by atoms with van der Waals surface area (Å²) < 4.78 is 0. The SMILES string of the molecule is C[Si](C)(C)[Si](C(=O)C12CC3CC(CC(C3)C1)C2)(C(=O)C12CC3CC(CC(C3)C1)C2)[Si](C)(C)C. The second-order valence-corrected chi connectivity index (χ2v) is 42.7. The van der Waals surface area contributed by atoms with Gasteiger partial charge < -0.3 is 9.59 Å². The lowest BCUT2D eigenvalue weighted by Gasteiger charge is -2.63. The Morgan fingerprint density at radius 3 is 0.879 bits per heavy atom. The van der Waals surface area contributed by atoms with Crippen LogP contribution in [0, 0.1) is 46.3 Å². The van der Waals surface area contributed by atoms with Crippen LogP contribution in [-0.2, 0) is 9.59 Å². The van der Waals surface area contributed by atoms with Gasteiger partial charge in [0.1, 0.15) is 10.8 Å². The summed E-state index contributed by atoms with van der Waals surface area (Å²) in [5.41, 5.74) is -0.195. The lowest BCUT2D eigenvalue weighted by Crippen LogP contribution is -2.85. The average Bonchev–Trinajstić information content (AvgIpc) is 2.64. The fourth-order valence-corrected chi connectivity index (χ4v) is 57.9. The largest absolute Gasteiger partial charge is 0.305 e. The van der Waals surface area contributed by atoms with Crippen molar-refractivity contribution in [3.8, 4) is 0 Å². The van der Waals surface area contributed by atoms with Gasteiger partial charge in [0, 0.05) is 10.8 Å². The van der Waals surface area contributed by atoms with Crippen LogP contribution in [0.25, 0.3) is 0 Å². The molecule has 33 heavy (non-hydrogen) atoms. The van der Waals surface area contributed by atoms with Crippen LogP contribution < -0.4 is 0 Å². The maximum atomic E-state index is 15.5. The third kappa shape index (κ3) is 3.12. The molecule has 8 bridgehead atoms. The van der Waals surface area contributed by atoms with Crippen LogP contribution in [0.15, 0.2) is 0 Å². The quantitative estimate of drug-likeness (QED) is 0.371. The first-order valence-electron chi connectivity index (χ1n) is 14.4. The highest BCUT2D eigenvalue weighted by Gasteiger charge is 2.74. The highest BCUT2D eigenvalue weighted by molar-refractivity contribution is 7.86. The average molecular weight is 501 g/mol. The third-order valence-corrected chi connectivity index (χ3v) is 48.6. The van der Waals surface area contributed by atoms with E-state index in [4.69, 9.17) is 0 Å². The van der Waals surface area contributed by atoms with Crippen LogP contribution in [0.1, 0.15) is 77.0 Å². The van der Waals surface area contributed by atoms with E-state index in [9.17, 15) is 0 Å². The molecule has 0 amide bonds. The van der Waals surface area contributed by atoms with E-state index in [-0.39, 0.29) is 10.8 Å². The Bertz CT molecular complexity index is 734. The molecule has 184 valence electrons. The molecule has 0 heterocycles. The molecule has 2 nitrogen and oxygen atoms in total. The van der Waals surface area contributed by atoms with Crippen molar-refractivity contribution in [2.45, 2.75) is 116 Å². The van der Waals surface area contributed by atoms with Gasteiger partial charge in [0.05, 0.1) is 15.2 Å². The molecule has 0 aliphatic heterocycles. The number of hydrogen-bond donors (Lipinski definition) is 0. The fourth-order valence-electron chi connectivity index (χ4n) is 12.2. The Morgan fingerprint density at radius 1 is 0.485 bits per heavy atom. The van der Waals surface area contributed by atoms with Gasteiger partial charge in [0.15, 0.2) is 7.11 Å². The number of carbonyl (C=O) groups is 2. The number of hydrogen-bond acceptors (Lipinski definition) is 2. The molecule has 5 heteroatoms. The zero-order valence-corrected chi connectivity index (χ0v) is 25.3. The van der Waals surface area contributed by atoms with Crippen LogP contribution in [0.2, 0.25) is 39.3 Å². The minimum atomic E-state index is -2.78. The van der Waals surface area contributed by atoms with E-state index in [0.717, 1.165) is 74.0 Å². The summed E-state index contributed by atoms with van der Waals surface area (Å²) in [4.78, 5) is 30.9.